The van der Waals surface area contributed by atoms with Crippen LogP contribution in [0.25, 0.3) is 0 Å². The lowest BCUT2D eigenvalue weighted by Crippen LogP contribution is -2.38. The first-order valence-corrected chi connectivity index (χ1v) is 8.62. The number of piperidine rings is 1. The summed E-state index contributed by atoms with van der Waals surface area (Å²) in [4.78, 5) is 29.5. The van der Waals surface area contributed by atoms with Gasteiger partial charge in [0.25, 0.3) is 5.69 Å². The molecular weight excluding hydrogens is 318 g/mol. The van der Waals surface area contributed by atoms with E-state index in [9.17, 15) is 9.70 Å². The predicted octanol–water partition coefficient (Wildman–Crippen LogP) is 1.96. The number of aromatic amines is 1. The van der Waals surface area contributed by atoms with Crippen LogP contribution in [0, 0.1) is 10.8 Å². The lowest BCUT2D eigenvalue weighted by atomic mass is 9.89. The number of ketones is 1. The Bertz CT molecular complexity index is 779. The predicted molar refractivity (Wildman–Crippen MR) is 93.9 cm³/mol. The Kier molecular flexibility index (Phi) is 5.60. The van der Waals surface area contributed by atoms with Gasteiger partial charge in [-0.2, -0.15) is 0 Å². The van der Waals surface area contributed by atoms with E-state index >= 15 is 0 Å². The third kappa shape index (κ3) is 4.33. The molecular formula is C19H24N3O3+. The van der Waals surface area contributed by atoms with Crippen LogP contribution in [0.4, 0.5) is 0 Å². The Morgan fingerprint density at radius 1 is 1.32 bits per heavy atom. The van der Waals surface area contributed by atoms with Crippen molar-refractivity contribution in [1.29, 1.82) is 0 Å². The minimum absolute atomic E-state index is 0.0860. The Hall–Kier alpha value is -2.47. The van der Waals surface area contributed by atoms with Gasteiger partial charge in [0, 0.05) is 22.8 Å². The van der Waals surface area contributed by atoms with Gasteiger partial charge in [-0.1, -0.05) is 18.2 Å². The molecule has 0 atom stereocenters. The minimum Gasteiger partial charge on any atom is -0.496 e. The van der Waals surface area contributed by atoms with Gasteiger partial charge >= 0.3 is 0 Å². The molecule has 1 fully saturated rings. The number of hydrogen-bond acceptors (Lipinski definition) is 4. The van der Waals surface area contributed by atoms with Gasteiger partial charge in [-0.3, -0.25) is 9.69 Å². The molecule has 0 unspecified atom stereocenters. The molecule has 3 rings (SSSR count). The number of H-pyrrole nitrogens is 1. The number of carbonyl (C=O) groups excluding carboxylic acids is 1. The molecule has 2 heterocycles. The zero-order chi connectivity index (χ0) is 17.6. The molecule has 1 aliphatic heterocycles. The second kappa shape index (κ2) is 8.07. The Balaban J connectivity index is 1.54. The molecule has 1 aliphatic rings. The van der Waals surface area contributed by atoms with E-state index in [2.05, 4.69) is 9.88 Å². The Morgan fingerprint density at radius 2 is 2.08 bits per heavy atom. The smallest absolute Gasteiger partial charge is 0.269 e. The molecule has 132 valence electrons. The average molecular weight is 342 g/mol. The molecule has 1 N–H and O–H groups in total. The summed E-state index contributed by atoms with van der Waals surface area (Å²) in [6.45, 7) is 2.27. The first-order valence-electron chi connectivity index (χ1n) is 8.62. The van der Waals surface area contributed by atoms with Gasteiger partial charge < -0.3 is 9.72 Å². The van der Waals surface area contributed by atoms with Crippen molar-refractivity contribution in [1.82, 2.24) is 9.88 Å². The molecule has 2 aromatic rings. The van der Waals surface area contributed by atoms with Crippen LogP contribution in [0.2, 0.25) is 0 Å². The molecule has 6 nitrogen and oxygen atoms in total. The highest BCUT2D eigenvalue weighted by atomic mass is 16.5. The van der Waals surface area contributed by atoms with Crippen molar-refractivity contribution in [3.8, 4) is 5.75 Å². The van der Waals surface area contributed by atoms with E-state index < -0.39 is 0 Å². The molecule has 1 saturated heterocycles. The maximum absolute atomic E-state index is 12.6. The van der Waals surface area contributed by atoms with E-state index in [0.717, 1.165) is 41.7 Å². The van der Waals surface area contributed by atoms with E-state index in [-0.39, 0.29) is 11.7 Å². The monoisotopic (exact) mass is 342 g/mol. The Labute approximate surface area is 147 Å². The molecule has 0 bridgehead atoms. The highest BCUT2D eigenvalue weighted by Crippen LogP contribution is 2.24. The first-order chi connectivity index (χ1) is 12.2. The zero-order valence-corrected chi connectivity index (χ0v) is 14.5. The lowest BCUT2D eigenvalue weighted by Gasteiger charge is -2.30. The molecule has 0 radical (unpaired) electrons. The fraction of sp³-hybridized carbons (Fsp3) is 0.421. The van der Waals surface area contributed by atoms with Crippen LogP contribution in [-0.4, -0.2) is 35.9 Å². The van der Waals surface area contributed by atoms with Crippen molar-refractivity contribution in [2.45, 2.75) is 25.8 Å². The van der Waals surface area contributed by atoms with Crippen molar-refractivity contribution in [3.63, 3.8) is 0 Å². The number of carbonyl (C=O) groups is 1. The van der Waals surface area contributed by atoms with Gasteiger partial charge in [0.05, 0.1) is 30.5 Å². The maximum atomic E-state index is 12.6. The number of nitrogens with zero attached hydrogens (tertiary/aromatic N) is 2. The standard InChI is InChI=1S/C19H24N3O3/c1-25-19-5-3-2-4-16(19)12-18(23)15-6-9-21(10-7-15)14-17-13-20-8-11-22(17)24/h2-5,8,11,13,15H,6-7,9-10,12,14H2,1H3,(H,20,24)/q+1. The second-order valence-corrected chi connectivity index (χ2v) is 6.45. The number of benzene rings is 1. The molecule has 25 heavy (non-hydrogen) atoms. The molecule has 1 aromatic carbocycles. The number of Topliss-reactive ketones (excluding diaryl/α,β-unsaturated/α-hetero) is 1. The summed E-state index contributed by atoms with van der Waals surface area (Å²) in [5.74, 6) is 1.13. The van der Waals surface area contributed by atoms with Gasteiger partial charge in [0.1, 0.15) is 11.5 Å². The SMILES string of the molecule is COc1ccccc1CC(=O)C1CCN(Cc2c[nH]cc[n+]2=O)CC1. The third-order valence-electron chi connectivity index (χ3n) is 4.82. The number of rotatable bonds is 6. The van der Waals surface area contributed by atoms with Crippen LogP contribution in [0.3, 0.4) is 0 Å². The minimum atomic E-state index is 0.0860. The molecule has 0 amide bonds. The number of nitrogens with one attached hydrogen (secondary N) is 1. The Morgan fingerprint density at radius 3 is 2.80 bits per heavy atom. The molecule has 0 spiro atoms. The largest absolute Gasteiger partial charge is 0.496 e. The normalized spacial score (nSPS) is 15.9. The van der Waals surface area contributed by atoms with Crippen LogP contribution in [0.5, 0.6) is 5.75 Å². The summed E-state index contributed by atoms with van der Waals surface area (Å²) < 4.78 is 6.22. The summed E-state index contributed by atoms with van der Waals surface area (Å²) in [5, 5.41) is 0. The highest BCUT2D eigenvalue weighted by Gasteiger charge is 2.26. The van der Waals surface area contributed by atoms with Crippen molar-refractivity contribution >= 4 is 5.78 Å². The summed E-state index contributed by atoms with van der Waals surface area (Å²) >= 11 is 0. The fourth-order valence-electron chi connectivity index (χ4n) is 3.35. The average Bonchev–Trinajstić information content (AvgIpc) is 2.64. The van der Waals surface area contributed by atoms with Gasteiger partial charge in [0.15, 0.2) is 0 Å². The van der Waals surface area contributed by atoms with Gasteiger partial charge in [-0.15, -0.1) is 0 Å². The lowest BCUT2D eigenvalue weighted by molar-refractivity contribution is -0.507. The van der Waals surface area contributed by atoms with Gasteiger partial charge in [-0.25, -0.2) is 0 Å². The zero-order valence-electron chi connectivity index (χ0n) is 14.5. The number of para-hydroxylation sites is 1. The van der Waals surface area contributed by atoms with Gasteiger partial charge in [0.2, 0.25) is 6.20 Å². The number of aromatic nitrogens is 2. The van der Waals surface area contributed by atoms with Crippen LogP contribution in [0.1, 0.15) is 24.1 Å². The molecule has 0 aliphatic carbocycles. The summed E-state index contributed by atoms with van der Waals surface area (Å²) in [6.07, 6.45) is 6.90. The first kappa shape index (κ1) is 17.4. The van der Waals surface area contributed by atoms with Crippen LogP contribution >= 0.6 is 0 Å². The highest BCUT2D eigenvalue weighted by molar-refractivity contribution is 5.84. The number of likely N-dealkylation sites (tertiary alicyclic amines) is 1. The van der Waals surface area contributed by atoms with Gasteiger partial charge in [-0.05, 0) is 32.0 Å². The summed E-state index contributed by atoms with van der Waals surface area (Å²) in [6, 6.07) is 7.68. The molecule has 6 heteroatoms. The topological polar surface area (TPSA) is 68.3 Å². The quantitative estimate of drug-likeness (QED) is 0.815. The maximum Gasteiger partial charge on any atom is 0.269 e. The van der Waals surface area contributed by atoms with E-state index in [1.54, 1.807) is 19.5 Å². The van der Waals surface area contributed by atoms with E-state index in [1.165, 1.54) is 6.20 Å². The number of ether oxygens (including phenoxy) is 1. The molecule has 1 aromatic heterocycles. The summed E-state index contributed by atoms with van der Waals surface area (Å²) in [7, 11) is 1.63. The van der Waals surface area contributed by atoms with Crippen molar-refractivity contribution < 1.29 is 14.0 Å². The second-order valence-electron chi connectivity index (χ2n) is 6.45. The summed E-state index contributed by atoms with van der Waals surface area (Å²) in [5.41, 5.74) is 1.64. The van der Waals surface area contributed by atoms with E-state index in [4.69, 9.17) is 4.74 Å². The third-order valence-corrected chi connectivity index (χ3v) is 4.82. The molecule has 0 saturated carbocycles. The van der Waals surface area contributed by atoms with Crippen LogP contribution in [-0.2, 0) is 17.8 Å². The van der Waals surface area contributed by atoms with Crippen molar-refractivity contribution in [2.24, 2.45) is 5.92 Å². The van der Waals surface area contributed by atoms with Crippen LogP contribution in [0.15, 0.2) is 42.9 Å². The van der Waals surface area contributed by atoms with E-state index in [1.807, 2.05) is 24.3 Å². The number of methoxy groups -OCH3 is 1. The van der Waals surface area contributed by atoms with Crippen molar-refractivity contribution in [2.75, 3.05) is 20.2 Å². The number of hydrogen-bond donors (Lipinski definition) is 1. The fourth-order valence-corrected chi connectivity index (χ4v) is 3.35. The van der Waals surface area contributed by atoms with Crippen molar-refractivity contribution in [3.05, 3.63) is 59.0 Å². The van der Waals surface area contributed by atoms with Crippen LogP contribution < -0.4 is 9.16 Å². The van der Waals surface area contributed by atoms with E-state index in [0.29, 0.717) is 18.7 Å².